The lowest BCUT2D eigenvalue weighted by atomic mass is 10.8. The van der Waals surface area contributed by atoms with Gasteiger partial charge in [0.25, 0.3) is 0 Å². The Morgan fingerprint density at radius 1 is 0.727 bits per heavy atom. The van der Waals surface area contributed by atoms with Crippen molar-refractivity contribution < 1.29 is 0 Å². The second kappa shape index (κ2) is 2.10. The van der Waals surface area contributed by atoms with Crippen molar-refractivity contribution in [2.45, 2.75) is 43.9 Å². The topological polar surface area (TPSA) is 0 Å². The van der Waals surface area contributed by atoms with Gasteiger partial charge >= 0.3 is 0 Å². The molecule has 0 aromatic carbocycles. The molecular weight excluding hydrogens is 164 g/mol. The van der Waals surface area contributed by atoms with E-state index in [1.54, 1.807) is 0 Å². The molecule has 11 heavy (non-hydrogen) atoms. The lowest BCUT2D eigenvalue weighted by Crippen LogP contribution is -2.46. The first-order valence-corrected chi connectivity index (χ1v) is 11.4. The van der Waals surface area contributed by atoms with E-state index in [9.17, 15) is 0 Å². The van der Waals surface area contributed by atoms with Crippen LogP contribution >= 0.6 is 0 Å². The van der Waals surface area contributed by atoms with Gasteiger partial charge in [0.05, 0.1) is 16.1 Å². The maximum atomic E-state index is 2.49. The summed E-state index contributed by atoms with van der Waals surface area (Å²) < 4.78 is 0.653. The Bertz CT molecular complexity index is 169. The average molecular weight is 184 g/mol. The molecule has 1 aliphatic carbocycles. The predicted molar refractivity (Wildman–Crippen MR) is 58.5 cm³/mol. The monoisotopic (exact) mass is 184 g/mol. The Morgan fingerprint density at radius 2 is 1.00 bits per heavy atom. The number of hydrogen-bond donors (Lipinski definition) is 0. The van der Waals surface area contributed by atoms with Crippen LogP contribution in [-0.2, 0) is 0 Å². The maximum Gasteiger partial charge on any atom is 0.0562 e. The fraction of sp³-hybridized carbons (Fsp3) is 0.778. The minimum Gasteiger partial charge on any atom is -0.0837 e. The summed E-state index contributed by atoms with van der Waals surface area (Å²) in [4.78, 5) is 0. The van der Waals surface area contributed by atoms with Crippen molar-refractivity contribution in [1.29, 1.82) is 0 Å². The van der Waals surface area contributed by atoms with Gasteiger partial charge < -0.3 is 0 Å². The molecular formula is C9H20Si2. The quantitative estimate of drug-likeness (QED) is 0.455. The van der Waals surface area contributed by atoms with Crippen LogP contribution in [0.2, 0.25) is 43.9 Å². The third kappa shape index (κ3) is 1.27. The molecule has 0 radical (unpaired) electrons. The second-order valence-corrected chi connectivity index (χ2v) is 16.9. The van der Waals surface area contributed by atoms with Gasteiger partial charge in [-0.2, -0.15) is 0 Å². The zero-order valence-electron chi connectivity index (χ0n) is 8.65. The van der Waals surface area contributed by atoms with Gasteiger partial charge in [-0.25, -0.2) is 0 Å². The molecule has 1 aliphatic rings. The molecule has 0 fully saturated rings. The Labute approximate surface area is 72.7 Å². The molecule has 0 nitrogen and oxygen atoms in total. The SMILES string of the molecule is C[Si](C)(C)C1([Si](C)(C)C)C=C1. The van der Waals surface area contributed by atoms with E-state index in [0.29, 0.717) is 4.66 Å². The van der Waals surface area contributed by atoms with Crippen molar-refractivity contribution in [2.75, 3.05) is 0 Å². The van der Waals surface area contributed by atoms with Crippen molar-refractivity contribution in [1.82, 2.24) is 0 Å². The first kappa shape index (κ1) is 9.26. The maximum absolute atomic E-state index is 2.49. The molecule has 0 spiro atoms. The summed E-state index contributed by atoms with van der Waals surface area (Å²) in [5.41, 5.74) is 0. The first-order chi connectivity index (χ1) is 4.71. The van der Waals surface area contributed by atoms with Gasteiger partial charge in [-0.05, 0) is 4.66 Å². The zero-order chi connectivity index (χ0) is 8.91. The van der Waals surface area contributed by atoms with E-state index in [-0.39, 0.29) is 0 Å². The summed E-state index contributed by atoms with van der Waals surface area (Å²) in [5, 5.41) is 0. The van der Waals surface area contributed by atoms with Crippen molar-refractivity contribution in [3.63, 3.8) is 0 Å². The van der Waals surface area contributed by atoms with Crippen LogP contribution in [0, 0.1) is 0 Å². The fourth-order valence-electron chi connectivity index (χ4n) is 2.21. The fourth-order valence-corrected chi connectivity index (χ4v) is 13.4. The van der Waals surface area contributed by atoms with E-state index >= 15 is 0 Å². The van der Waals surface area contributed by atoms with Crippen molar-refractivity contribution in [3.05, 3.63) is 12.2 Å². The van der Waals surface area contributed by atoms with Crippen LogP contribution in [0.1, 0.15) is 0 Å². The van der Waals surface area contributed by atoms with Crippen LogP contribution in [-0.4, -0.2) is 16.1 Å². The Morgan fingerprint density at radius 3 is 1.00 bits per heavy atom. The van der Waals surface area contributed by atoms with Crippen molar-refractivity contribution in [3.8, 4) is 0 Å². The third-order valence-electron chi connectivity index (χ3n) is 2.98. The van der Waals surface area contributed by atoms with E-state index in [4.69, 9.17) is 0 Å². The van der Waals surface area contributed by atoms with Crippen LogP contribution in [0.5, 0.6) is 0 Å². The first-order valence-electron chi connectivity index (χ1n) is 4.41. The molecule has 64 valence electrons. The third-order valence-corrected chi connectivity index (χ3v) is 13.1. The van der Waals surface area contributed by atoms with Gasteiger partial charge in [-0.15, -0.1) is 0 Å². The number of hydrogen-bond acceptors (Lipinski definition) is 0. The summed E-state index contributed by atoms with van der Waals surface area (Å²) in [6, 6.07) is 0. The van der Waals surface area contributed by atoms with Gasteiger partial charge in [-0.3, -0.25) is 0 Å². The molecule has 0 unspecified atom stereocenters. The normalized spacial score (nSPS) is 22.0. The smallest absolute Gasteiger partial charge is 0.0562 e. The summed E-state index contributed by atoms with van der Waals surface area (Å²) in [7, 11) is -1.92. The Kier molecular flexibility index (Phi) is 1.77. The number of rotatable bonds is 2. The minimum absolute atomic E-state index is 0.653. The molecule has 0 atom stereocenters. The molecule has 0 amide bonds. The van der Waals surface area contributed by atoms with Crippen LogP contribution in [0.15, 0.2) is 12.2 Å². The summed E-state index contributed by atoms with van der Waals surface area (Å²) >= 11 is 0. The molecule has 0 saturated heterocycles. The predicted octanol–water partition coefficient (Wildman–Crippen LogP) is 3.51. The van der Waals surface area contributed by atoms with Crippen LogP contribution in [0.3, 0.4) is 0 Å². The van der Waals surface area contributed by atoms with E-state index in [1.807, 2.05) is 0 Å². The summed E-state index contributed by atoms with van der Waals surface area (Å²) in [6.07, 6.45) is 4.96. The molecule has 0 saturated carbocycles. The zero-order valence-corrected chi connectivity index (χ0v) is 10.7. The molecule has 0 aromatic rings. The summed E-state index contributed by atoms with van der Waals surface area (Å²) in [6.45, 7) is 14.9. The molecule has 1 rings (SSSR count). The number of allylic oxidation sites excluding steroid dienone is 2. The van der Waals surface area contributed by atoms with Gasteiger partial charge in [-0.1, -0.05) is 51.4 Å². The molecule has 0 aliphatic heterocycles. The van der Waals surface area contributed by atoms with Crippen LogP contribution in [0.4, 0.5) is 0 Å². The average Bonchev–Trinajstić information content (AvgIpc) is 2.31. The Hall–Kier alpha value is 0.174. The highest BCUT2D eigenvalue weighted by atomic mass is 28.4. The van der Waals surface area contributed by atoms with Gasteiger partial charge in [0.2, 0.25) is 0 Å². The Balaban J connectivity index is 2.86. The highest BCUT2D eigenvalue weighted by Gasteiger charge is 2.54. The molecule has 0 N–H and O–H groups in total. The van der Waals surface area contributed by atoms with Crippen molar-refractivity contribution >= 4 is 16.1 Å². The second-order valence-electron chi connectivity index (χ2n) is 5.70. The molecule has 0 heterocycles. The van der Waals surface area contributed by atoms with E-state index in [1.165, 1.54) is 0 Å². The lowest BCUT2D eigenvalue weighted by molar-refractivity contribution is 1.22. The molecule has 0 bridgehead atoms. The van der Waals surface area contributed by atoms with Crippen molar-refractivity contribution in [2.24, 2.45) is 0 Å². The lowest BCUT2D eigenvalue weighted by Gasteiger charge is -2.39. The van der Waals surface area contributed by atoms with Crippen LogP contribution in [0.25, 0.3) is 0 Å². The summed E-state index contributed by atoms with van der Waals surface area (Å²) in [5.74, 6) is 0. The van der Waals surface area contributed by atoms with Gasteiger partial charge in [0, 0.05) is 0 Å². The van der Waals surface area contributed by atoms with Gasteiger partial charge in [0.15, 0.2) is 0 Å². The highest BCUT2D eigenvalue weighted by molar-refractivity contribution is 7.01. The standard InChI is InChI=1S/C9H20Si2/c1-10(2,3)9(7-8-9)11(4,5)6/h7-8H,1-6H3. The van der Waals surface area contributed by atoms with Gasteiger partial charge in [0.1, 0.15) is 0 Å². The van der Waals surface area contributed by atoms with E-state index < -0.39 is 16.1 Å². The highest BCUT2D eigenvalue weighted by Crippen LogP contribution is 2.58. The minimum atomic E-state index is -0.959. The molecule has 0 aromatic heterocycles. The van der Waals surface area contributed by atoms with E-state index in [0.717, 1.165) is 0 Å². The van der Waals surface area contributed by atoms with Crippen LogP contribution < -0.4 is 0 Å². The molecule has 2 heteroatoms. The largest absolute Gasteiger partial charge is 0.0837 e. The van der Waals surface area contributed by atoms with E-state index in [2.05, 4.69) is 51.4 Å².